The summed E-state index contributed by atoms with van der Waals surface area (Å²) in [5.74, 6) is 0.629. The minimum atomic E-state index is -0.590. The third-order valence-corrected chi connectivity index (χ3v) is 2.79. The summed E-state index contributed by atoms with van der Waals surface area (Å²) < 4.78 is 4.70. The number of rotatable bonds is 2. The molecule has 2 aliphatic heterocycles. The lowest BCUT2D eigenvalue weighted by Crippen LogP contribution is -2.31. The number of hydrogen-bond donors (Lipinski definition) is 1. The summed E-state index contributed by atoms with van der Waals surface area (Å²) in [7, 11) is 0. The van der Waals surface area contributed by atoms with E-state index in [0.29, 0.717) is 18.6 Å². The van der Waals surface area contributed by atoms with Crippen molar-refractivity contribution in [1.29, 1.82) is 0 Å². The van der Waals surface area contributed by atoms with Gasteiger partial charge in [-0.15, -0.1) is 5.06 Å². The predicted molar refractivity (Wildman–Crippen MR) is 49.6 cm³/mol. The fourth-order valence-corrected chi connectivity index (χ4v) is 2.13. The molecule has 5 nitrogen and oxygen atoms in total. The molecule has 0 aromatic heterocycles. The number of nitrogens with one attached hydrogen (secondary N) is 1. The van der Waals surface area contributed by atoms with Crippen LogP contribution < -0.4 is 5.32 Å². The van der Waals surface area contributed by atoms with E-state index < -0.39 is 6.16 Å². The molecule has 2 fully saturated rings. The van der Waals surface area contributed by atoms with Crippen molar-refractivity contribution >= 4 is 6.16 Å². The number of carbonyl (C=O) groups excluding carboxylic acids is 1. The monoisotopic (exact) mass is 200 g/mol. The Morgan fingerprint density at radius 3 is 3.14 bits per heavy atom. The molecule has 0 bridgehead atoms. The molecule has 0 aromatic rings. The molecular weight excluding hydrogens is 184 g/mol. The number of fused-ring (bicyclic) bond motifs is 1. The molecule has 5 heteroatoms. The van der Waals surface area contributed by atoms with Gasteiger partial charge in [0.1, 0.15) is 0 Å². The average molecular weight is 200 g/mol. The highest BCUT2D eigenvalue weighted by molar-refractivity contribution is 5.59. The van der Waals surface area contributed by atoms with Crippen LogP contribution in [0.3, 0.4) is 0 Å². The molecule has 1 N–H and O–H groups in total. The van der Waals surface area contributed by atoms with E-state index in [-0.39, 0.29) is 0 Å². The van der Waals surface area contributed by atoms with Crippen molar-refractivity contribution in [3.63, 3.8) is 0 Å². The lowest BCUT2D eigenvalue weighted by atomic mass is 10.1. The standard InChI is InChI=1S/C9H16N2O3/c1-2-13-9(12)14-11-5-7-3-4-10-8(7)6-11/h7-8,10H,2-6H2,1H3. The Kier molecular flexibility index (Phi) is 2.88. The molecular formula is C9H16N2O3. The van der Waals surface area contributed by atoms with Crippen LogP contribution in [0, 0.1) is 5.92 Å². The van der Waals surface area contributed by atoms with E-state index in [9.17, 15) is 4.79 Å². The molecule has 2 aliphatic rings. The lowest BCUT2D eigenvalue weighted by Gasteiger charge is -2.15. The summed E-state index contributed by atoms with van der Waals surface area (Å²) in [4.78, 5) is 16.0. The second-order valence-electron chi connectivity index (χ2n) is 3.73. The van der Waals surface area contributed by atoms with E-state index in [4.69, 9.17) is 9.57 Å². The highest BCUT2D eigenvalue weighted by Crippen LogP contribution is 2.24. The SMILES string of the molecule is CCOC(=O)ON1CC2CCNC2C1. The molecule has 2 heterocycles. The van der Waals surface area contributed by atoms with E-state index in [1.165, 1.54) is 6.42 Å². The Hall–Kier alpha value is -0.810. The molecule has 2 rings (SSSR count). The van der Waals surface area contributed by atoms with Gasteiger partial charge in [0.15, 0.2) is 0 Å². The van der Waals surface area contributed by atoms with Crippen molar-refractivity contribution in [2.45, 2.75) is 19.4 Å². The van der Waals surface area contributed by atoms with Crippen molar-refractivity contribution in [3.8, 4) is 0 Å². The van der Waals surface area contributed by atoms with E-state index in [1.54, 1.807) is 12.0 Å². The Morgan fingerprint density at radius 2 is 2.43 bits per heavy atom. The van der Waals surface area contributed by atoms with Crippen LogP contribution in [0.5, 0.6) is 0 Å². The minimum absolute atomic E-state index is 0.359. The maximum absolute atomic E-state index is 11.0. The zero-order valence-corrected chi connectivity index (χ0v) is 8.36. The zero-order valence-electron chi connectivity index (χ0n) is 8.36. The first-order valence-electron chi connectivity index (χ1n) is 5.12. The second kappa shape index (κ2) is 4.14. The van der Waals surface area contributed by atoms with Gasteiger partial charge in [-0.05, 0) is 25.8 Å². The van der Waals surface area contributed by atoms with Gasteiger partial charge in [-0.2, -0.15) is 0 Å². The summed E-state index contributed by atoms with van der Waals surface area (Å²) in [5.41, 5.74) is 0. The van der Waals surface area contributed by atoms with Gasteiger partial charge in [0.2, 0.25) is 0 Å². The Morgan fingerprint density at radius 1 is 1.57 bits per heavy atom. The molecule has 14 heavy (non-hydrogen) atoms. The molecule has 2 saturated heterocycles. The highest BCUT2D eigenvalue weighted by atomic mass is 16.8. The smallest absolute Gasteiger partial charge is 0.433 e. The fourth-order valence-electron chi connectivity index (χ4n) is 2.13. The molecule has 0 radical (unpaired) electrons. The van der Waals surface area contributed by atoms with Gasteiger partial charge in [0, 0.05) is 12.6 Å². The van der Waals surface area contributed by atoms with Crippen LogP contribution in [0.15, 0.2) is 0 Å². The summed E-state index contributed by atoms with van der Waals surface area (Å²) >= 11 is 0. The van der Waals surface area contributed by atoms with Crippen molar-refractivity contribution in [3.05, 3.63) is 0 Å². The van der Waals surface area contributed by atoms with Crippen LogP contribution in [-0.2, 0) is 9.57 Å². The molecule has 0 saturated carbocycles. The fraction of sp³-hybridized carbons (Fsp3) is 0.889. The lowest BCUT2D eigenvalue weighted by molar-refractivity contribution is -0.115. The van der Waals surface area contributed by atoms with Gasteiger partial charge >= 0.3 is 6.16 Å². The maximum Gasteiger partial charge on any atom is 0.527 e. The normalized spacial score (nSPS) is 31.5. The largest absolute Gasteiger partial charge is 0.527 e. The summed E-state index contributed by atoms with van der Waals surface area (Å²) in [6, 6.07) is 0.490. The number of hydrogen-bond acceptors (Lipinski definition) is 5. The predicted octanol–water partition coefficient (Wildman–Crippen LogP) is 0.368. The van der Waals surface area contributed by atoms with Crippen molar-refractivity contribution in [2.24, 2.45) is 5.92 Å². The first-order chi connectivity index (χ1) is 6.79. The van der Waals surface area contributed by atoms with Crippen LogP contribution in [0.2, 0.25) is 0 Å². The molecule has 80 valence electrons. The van der Waals surface area contributed by atoms with Gasteiger partial charge in [0.05, 0.1) is 13.2 Å². The van der Waals surface area contributed by atoms with E-state index in [0.717, 1.165) is 19.6 Å². The van der Waals surface area contributed by atoms with Gasteiger partial charge in [0.25, 0.3) is 0 Å². The highest BCUT2D eigenvalue weighted by Gasteiger charge is 2.37. The van der Waals surface area contributed by atoms with E-state index in [2.05, 4.69) is 5.32 Å². The van der Waals surface area contributed by atoms with Gasteiger partial charge in [-0.3, -0.25) is 0 Å². The molecule has 0 aliphatic carbocycles. The van der Waals surface area contributed by atoms with Crippen LogP contribution >= 0.6 is 0 Å². The van der Waals surface area contributed by atoms with Crippen molar-refractivity contribution in [1.82, 2.24) is 10.4 Å². The summed E-state index contributed by atoms with van der Waals surface area (Å²) in [6.45, 7) is 4.82. The van der Waals surface area contributed by atoms with Crippen LogP contribution in [-0.4, -0.2) is 43.5 Å². The number of hydroxylamine groups is 2. The molecule has 0 spiro atoms. The number of ether oxygens (including phenoxy) is 1. The Bertz CT molecular complexity index is 210. The average Bonchev–Trinajstić information content (AvgIpc) is 2.63. The Labute approximate surface area is 83.3 Å². The van der Waals surface area contributed by atoms with E-state index in [1.807, 2.05) is 0 Å². The Balaban J connectivity index is 1.76. The third kappa shape index (κ3) is 1.99. The van der Waals surface area contributed by atoms with Gasteiger partial charge in [-0.1, -0.05) is 0 Å². The quantitative estimate of drug-likeness (QED) is 0.652. The van der Waals surface area contributed by atoms with E-state index >= 15 is 0 Å². The minimum Gasteiger partial charge on any atom is -0.433 e. The zero-order chi connectivity index (χ0) is 9.97. The maximum atomic E-state index is 11.0. The van der Waals surface area contributed by atoms with Crippen molar-refractivity contribution < 1.29 is 14.4 Å². The molecule has 0 amide bonds. The van der Waals surface area contributed by atoms with Crippen LogP contribution in [0.25, 0.3) is 0 Å². The van der Waals surface area contributed by atoms with Gasteiger partial charge < -0.3 is 14.9 Å². The first-order valence-corrected chi connectivity index (χ1v) is 5.12. The number of carbonyl (C=O) groups is 1. The van der Waals surface area contributed by atoms with Crippen LogP contribution in [0.4, 0.5) is 4.79 Å². The summed E-state index contributed by atoms with van der Waals surface area (Å²) in [6.07, 6.45) is 0.584. The van der Waals surface area contributed by atoms with Gasteiger partial charge in [-0.25, -0.2) is 4.79 Å². The first kappa shape index (κ1) is 9.73. The van der Waals surface area contributed by atoms with Crippen molar-refractivity contribution in [2.75, 3.05) is 26.2 Å². The molecule has 2 unspecified atom stereocenters. The third-order valence-electron chi connectivity index (χ3n) is 2.79. The summed E-state index contributed by atoms with van der Waals surface area (Å²) in [5, 5.41) is 5.07. The van der Waals surface area contributed by atoms with Crippen LogP contribution in [0.1, 0.15) is 13.3 Å². The topological polar surface area (TPSA) is 50.8 Å². The molecule has 2 atom stereocenters. The second-order valence-corrected chi connectivity index (χ2v) is 3.73. The number of nitrogens with zero attached hydrogens (tertiary/aromatic N) is 1. The molecule has 0 aromatic carbocycles.